The number of aromatic amines is 1. The molecule has 1 aromatic heterocycles. The number of nitriles is 1. The maximum Gasteiger partial charge on any atom is 0.416 e. The number of benzene rings is 2. The van der Waals surface area contributed by atoms with E-state index >= 15 is 0 Å². The Bertz CT molecular complexity index is 1270. The summed E-state index contributed by atoms with van der Waals surface area (Å²) in [5, 5.41) is 16.6. The van der Waals surface area contributed by atoms with E-state index in [9.17, 15) is 18.4 Å². The topological polar surface area (TPSA) is 106 Å². The van der Waals surface area contributed by atoms with Gasteiger partial charge in [0.05, 0.1) is 22.7 Å². The number of aromatic nitrogens is 2. The molecule has 31 heavy (non-hydrogen) atoms. The minimum atomic E-state index is -4.63. The lowest BCUT2D eigenvalue weighted by atomic mass is 9.81. The molecule has 3 heterocycles. The normalized spacial score (nSPS) is 17.2. The summed E-state index contributed by atoms with van der Waals surface area (Å²) in [6.45, 7) is 0.0718. The molecule has 3 N–H and O–H groups in total. The molecule has 10 heteroatoms. The third kappa shape index (κ3) is 2.93. The van der Waals surface area contributed by atoms with E-state index in [4.69, 9.17) is 19.9 Å². The quantitative estimate of drug-likeness (QED) is 0.641. The molecule has 156 valence electrons. The maximum absolute atomic E-state index is 13.8. The second-order valence-electron chi connectivity index (χ2n) is 6.90. The Labute approximate surface area is 173 Å². The van der Waals surface area contributed by atoms with Crippen molar-refractivity contribution in [2.75, 3.05) is 6.79 Å². The van der Waals surface area contributed by atoms with Crippen molar-refractivity contribution < 1.29 is 27.4 Å². The molecule has 0 bridgehead atoms. The van der Waals surface area contributed by atoms with E-state index in [2.05, 4.69) is 10.2 Å². The van der Waals surface area contributed by atoms with E-state index in [1.807, 2.05) is 6.07 Å². The van der Waals surface area contributed by atoms with E-state index in [-0.39, 0.29) is 35.3 Å². The van der Waals surface area contributed by atoms with Crippen molar-refractivity contribution in [2.24, 2.45) is 5.73 Å². The van der Waals surface area contributed by atoms with Crippen LogP contribution in [-0.4, -0.2) is 17.0 Å². The average molecular weight is 426 g/mol. The third-order valence-electron chi connectivity index (χ3n) is 5.18. The lowest BCUT2D eigenvalue weighted by Crippen LogP contribution is -2.23. The van der Waals surface area contributed by atoms with Crippen LogP contribution in [-0.2, 0) is 6.18 Å². The van der Waals surface area contributed by atoms with Gasteiger partial charge in [-0.15, -0.1) is 5.10 Å². The number of nitrogens with zero attached hydrogens (tertiary/aromatic N) is 2. The minimum absolute atomic E-state index is 0.00569. The van der Waals surface area contributed by atoms with Gasteiger partial charge in [0.25, 0.3) is 0 Å². The number of nitrogens with one attached hydrogen (secondary N) is 1. The molecule has 7 nitrogen and oxygen atoms in total. The molecule has 2 aliphatic heterocycles. The number of hydrogen-bond acceptors (Lipinski definition) is 6. The van der Waals surface area contributed by atoms with E-state index < -0.39 is 17.7 Å². The molecule has 2 aromatic carbocycles. The van der Waals surface area contributed by atoms with Gasteiger partial charge in [0.15, 0.2) is 11.5 Å². The van der Waals surface area contributed by atoms with Crippen molar-refractivity contribution in [3.63, 3.8) is 0 Å². The molecule has 0 aliphatic carbocycles. The number of hydrogen-bond donors (Lipinski definition) is 2. The Kier molecular flexibility index (Phi) is 4.08. The molecule has 0 fully saturated rings. The minimum Gasteiger partial charge on any atom is -0.454 e. The Morgan fingerprint density at radius 2 is 1.90 bits per heavy atom. The molecular formula is C21H13F3N4O3. The van der Waals surface area contributed by atoms with E-state index in [1.54, 1.807) is 18.2 Å². The molecule has 3 aromatic rings. The van der Waals surface area contributed by atoms with E-state index in [0.717, 1.165) is 6.07 Å². The number of H-pyrrole nitrogens is 1. The van der Waals surface area contributed by atoms with Gasteiger partial charge < -0.3 is 19.9 Å². The van der Waals surface area contributed by atoms with Gasteiger partial charge in [-0.25, -0.2) is 0 Å². The number of halogens is 3. The summed E-state index contributed by atoms with van der Waals surface area (Å²) >= 11 is 0. The first kappa shape index (κ1) is 18.9. The number of rotatable bonds is 2. The van der Waals surface area contributed by atoms with Gasteiger partial charge in [-0.1, -0.05) is 18.2 Å². The van der Waals surface area contributed by atoms with Crippen molar-refractivity contribution in [2.45, 2.75) is 12.1 Å². The van der Waals surface area contributed by atoms with Crippen LogP contribution in [0.2, 0.25) is 0 Å². The van der Waals surface area contributed by atoms with Crippen LogP contribution in [0.25, 0.3) is 11.3 Å². The summed E-state index contributed by atoms with van der Waals surface area (Å²) in [5.41, 5.74) is 5.99. The van der Waals surface area contributed by atoms with Gasteiger partial charge in [0, 0.05) is 5.56 Å². The van der Waals surface area contributed by atoms with E-state index in [1.165, 1.54) is 18.2 Å². The second-order valence-corrected chi connectivity index (χ2v) is 6.90. The van der Waals surface area contributed by atoms with Crippen LogP contribution in [0, 0.1) is 11.3 Å². The summed E-state index contributed by atoms with van der Waals surface area (Å²) in [6, 6.07) is 12.0. The monoisotopic (exact) mass is 426 g/mol. The van der Waals surface area contributed by atoms with Crippen LogP contribution in [0.5, 0.6) is 17.4 Å². The predicted octanol–water partition coefficient (Wildman–Crippen LogP) is 4.04. The summed E-state index contributed by atoms with van der Waals surface area (Å²) in [6.07, 6.45) is -4.63. The van der Waals surface area contributed by atoms with Gasteiger partial charge >= 0.3 is 6.18 Å². The molecule has 2 aliphatic rings. The molecular weight excluding hydrogens is 413 g/mol. The van der Waals surface area contributed by atoms with Crippen LogP contribution >= 0.6 is 0 Å². The molecule has 1 unspecified atom stereocenters. The largest absolute Gasteiger partial charge is 0.454 e. The molecule has 0 amide bonds. The highest BCUT2D eigenvalue weighted by Crippen LogP contribution is 2.49. The SMILES string of the molecule is N#CC1=C(N)Oc2n[nH]c(-c3ccc4c(c3)OCO4)c2C1c1ccccc1C(F)(F)F. The average Bonchev–Trinajstić information content (AvgIpc) is 3.38. The van der Waals surface area contributed by atoms with Crippen LogP contribution in [0.15, 0.2) is 53.9 Å². The third-order valence-corrected chi connectivity index (χ3v) is 5.18. The van der Waals surface area contributed by atoms with Crippen molar-refractivity contribution in [3.05, 3.63) is 70.6 Å². The zero-order valence-corrected chi connectivity index (χ0v) is 15.7. The molecule has 1 atom stereocenters. The fourth-order valence-electron chi connectivity index (χ4n) is 3.84. The molecule has 0 saturated heterocycles. The molecule has 0 saturated carbocycles. The highest BCUT2D eigenvalue weighted by molar-refractivity contribution is 5.73. The summed E-state index contributed by atoms with van der Waals surface area (Å²) in [4.78, 5) is 0. The highest BCUT2D eigenvalue weighted by atomic mass is 19.4. The first-order valence-electron chi connectivity index (χ1n) is 9.10. The van der Waals surface area contributed by atoms with Gasteiger partial charge in [0.1, 0.15) is 11.6 Å². The van der Waals surface area contributed by atoms with Crippen LogP contribution in [0.1, 0.15) is 22.6 Å². The number of allylic oxidation sites excluding steroid dienone is 1. The maximum atomic E-state index is 13.8. The van der Waals surface area contributed by atoms with Gasteiger partial charge in [-0.2, -0.15) is 18.4 Å². The van der Waals surface area contributed by atoms with Crippen LogP contribution in [0.3, 0.4) is 0 Å². The Morgan fingerprint density at radius 3 is 2.68 bits per heavy atom. The number of nitrogens with two attached hydrogens (primary N) is 1. The number of fused-ring (bicyclic) bond motifs is 2. The zero-order chi connectivity index (χ0) is 21.8. The standard InChI is InChI=1S/C21H13F3N4O3/c22-21(23,24)13-4-2-1-3-11(13)16-12(8-25)19(26)31-20-17(16)18(27-28-20)10-5-6-14-15(7-10)30-9-29-14/h1-7,16H,9,26H2,(H,27,28). The van der Waals surface area contributed by atoms with Gasteiger partial charge in [0.2, 0.25) is 18.6 Å². The summed E-state index contributed by atoms with van der Waals surface area (Å²) < 4.78 is 57.5. The van der Waals surface area contributed by atoms with Crippen molar-refractivity contribution >= 4 is 0 Å². The van der Waals surface area contributed by atoms with Crippen molar-refractivity contribution in [1.29, 1.82) is 5.26 Å². The highest BCUT2D eigenvalue weighted by Gasteiger charge is 2.41. The molecule has 0 radical (unpaired) electrons. The second kappa shape index (κ2) is 6.70. The number of ether oxygens (including phenoxy) is 3. The van der Waals surface area contributed by atoms with Crippen LogP contribution < -0.4 is 19.9 Å². The summed E-state index contributed by atoms with van der Waals surface area (Å²) in [5.74, 6) is -0.382. The number of alkyl halides is 3. The Morgan fingerprint density at radius 1 is 1.13 bits per heavy atom. The van der Waals surface area contributed by atoms with Crippen molar-refractivity contribution in [3.8, 4) is 34.7 Å². The van der Waals surface area contributed by atoms with Gasteiger partial charge in [-0.3, -0.25) is 5.10 Å². The Balaban J connectivity index is 1.75. The summed E-state index contributed by atoms with van der Waals surface area (Å²) in [7, 11) is 0. The lowest BCUT2D eigenvalue weighted by molar-refractivity contribution is -0.138. The first-order chi connectivity index (χ1) is 14.9. The van der Waals surface area contributed by atoms with E-state index in [0.29, 0.717) is 22.8 Å². The fraction of sp³-hybridized carbons (Fsp3) is 0.143. The first-order valence-corrected chi connectivity index (χ1v) is 9.10. The predicted molar refractivity (Wildman–Crippen MR) is 101 cm³/mol. The Hall–Kier alpha value is -4.13. The van der Waals surface area contributed by atoms with Gasteiger partial charge in [-0.05, 0) is 29.8 Å². The van der Waals surface area contributed by atoms with Crippen molar-refractivity contribution in [1.82, 2.24) is 10.2 Å². The fourth-order valence-corrected chi connectivity index (χ4v) is 3.84. The lowest BCUT2D eigenvalue weighted by Gasteiger charge is -2.26. The molecule has 5 rings (SSSR count). The zero-order valence-electron chi connectivity index (χ0n) is 15.7. The smallest absolute Gasteiger partial charge is 0.416 e. The van der Waals surface area contributed by atoms with Crippen LogP contribution in [0.4, 0.5) is 13.2 Å². The molecule has 0 spiro atoms.